The third-order valence-corrected chi connectivity index (χ3v) is 7.11. The van der Waals surface area contributed by atoms with Crippen LogP contribution in [0, 0.1) is 11.2 Å². The number of nitrogens with one attached hydrogen (secondary N) is 3. The quantitative estimate of drug-likeness (QED) is 0.189. The van der Waals surface area contributed by atoms with Crippen LogP contribution in [0.5, 0.6) is 0 Å². The number of carbonyl (C=O) groups excluding carboxylic acids is 1. The number of amides is 1. The summed E-state index contributed by atoms with van der Waals surface area (Å²) in [4.78, 5) is 38.3. The van der Waals surface area contributed by atoms with Crippen molar-refractivity contribution in [3.8, 4) is 22.6 Å². The van der Waals surface area contributed by atoms with Crippen molar-refractivity contribution in [3.63, 3.8) is 0 Å². The van der Waals surface area contributed by atoms with E-state index < -0.39 is 11.7 Å². The average Bonchev–Trinajstić information content (AvgIpc) is 3.72. The van der Waals surface area contributed by atoms with Crippen LogP contribution in [0.15, 0.2) is 66.0 Å². The summed E-state index contributed by atoms with van der Waals surface area (Å²) in [6, 6.07) is 11.3. The van der Waals surface area contributed by atoms with Crippen LogP contribution in [0.1, 0.15) is 25.5 Å². The zero-order valence-corrected chi connectivity index (χ0v) is 23.5. The Bertz CT molecular complexity index is 1630. The number of hydrogen-bond donors (Lipinski definition) is 3. The van der Waals surface area contributed by atoms with Gasteiger partial charge in [0.1, 0.15) is 12.4 Å². The van der Waals surface area contributed by atoms with E-state index in [1.807, 2.05) is 12.6 Å². The number of benzene rings is 1. The molecule has 0 atom stereocenters. The first-order valence-electron chi connectivity index (χ1n) is 13.9. The third-order valence-electron chi connectivity index (χ3n) is 7.11. The van der Waals surface area contributed by atoms with Crippen LogP contribution in [0.2, 0.25) is 0 Å². The van der Waals surface area contributed by atoms with Crippen LogP contribution >= 0.6 is 0 Å². The Morgan fingerprint density at radius 3 is 2.72 bits per heavy atom. The van der Waals surface area contributed by atoms with E-state index >= 15 is 0 Å². The Kier molecular flexibility index (Phi) is 8.24. The molecule has 5 heterocycles. The van der Waals surface area contributed by atoms with Crippen molar-refractivity contribution in [3.05, 3.63) is 72.7 Å². The van der Waals surface area contributed by atoms with Gasteiger partial charge in [-0.1, -0.05) is 4.99 Å². The highest BCUT2D eigenvalue weighted by atomic mass is 19.1. The van der Waals surface area contributed by atoms with Crippen molar-refractivity contribution in [1.29, 1.82) is 0 Å². The number of H-pyrrole nitrogens is 1. The van der Waals surface area contributed by atoms with Crippen molar-refractivity contribution < 1.29 is 23.2 Å². The number of anilines is 2. The standard InChI is InChI=1S/C30H30FN9O3/c1-30(28(41)36-22-4-2-10-32-16-22)17-42-27(43-18-30)26-38-24(20-5-7-21(31)8-6-20)25(39-26)23-9-12-35-29(37-23)34-11-3-14-40-15-13-33-19-40/h2,4-10,12-13,16,19,27H,3,11,14-15,17-18H2,1H3,(H2-,34,35,36,37,38,39,41)/p+1. The maximum Gasteiger partial charge on any atom is 0.281 e. The number of aromatic amines is 1. The lowest BCUT2D eigenvalue weighted by atomic mass is 9.91. The van der Waals surface area contributed by atoms with Crippen LogP contribution in [0.25, 0.3) is 22.6 Å². The monoisotopic (exact) mass is 584 g/mol. The highest BCUT2D eigenvalue weighted by molar-refractivity contribution is 5.95. The van der Waals surface area contributed by atoms with E-state index in [0.29, 0.717) is 46.7 Å². The zero-order valence-electron chi connectivity index (χ0n) is 23.5. The van der Waals surface area contributed by atoms with E-state index in [1.165, 1.54) is 12.1 Å². The van der Waals surface area contributed by atoms with Crippen molar-refractivity contribution >= 4 is 30.1 Å². The molecule has 3 N–H and O–H groups in total. The second kappa shape index (κ2) is 12.5. The van der Waals surface area contributed by atoms with Gasteiger partial charge in [-0.3, -0.25) is 14.4 Å². The Labute approximate surface area is 247 Å². The molecule has 1 aromatic carbocycles. The fourth-order valence-electron chi connectivity index (χ4n) is 4.68. The third kappa shape index (κ3) is 6.63. The minimum atomic E-state index is -0.922. The summed E-state index contributed by atoms with van der Waals surface area (Å²) in [6.07, 6.45) is 8.63. The molecule has 1 amide bonds. The van der Waals surface area contributed by atoms with Gasteiger partial charge in [0.05, 0.1) is 54.1 Å². The first-order valence-corrected chi connectivity index (χ1v) is 13.9. The van der Waals surface area contributed by atoms with Crippen LogP contribution in [0.3, 0.4) is 0 Å². The number of hydrogen-bond acceptors (Lipinski definition) is 9. The minimum absolute atomic E-state index is 0.106. The molecule has 0 saturated carbocycles. The number of nitrogens with zero attached hydrogens (tertiary/aromatic N) is 6. The molecule has 13 heteroatoms. The van der Waals surface area contributed by atoms with Gasteiger partial charge in [-0.2, -0.15) is 0 Å². The summed E-state index contributed by atoms with van der Waals surface area (Å²) in [5, 5.41) is 6.13. The predicted molar refractivity (Wildman–Crippen MR) is 158 cm³/mol. The molecule has 6 rings (SSSR count). The molecule has 12 nitrogen and oxygen atoms in total. The molecule has 2 aliphatic rings. The van der Waals surface area contributed by atoms with Gasteiger partial charge >= 0.3 is 0 Å². The molecule has 0 unspecified atom stereocenters. The van der Waals surface area contributed by atoms with E-state index in [1.54, 1.807) is 55.8 Å². The summed E-state index contributed by atoms with van der Waals surface area (Å²) in [5.41, 5.74) is 2.11. The van der Waals surface area contributed by atoms with Gasteiger partial charge in [0, 0.05) is 30.9 Å². The average molecular weight is 585 g/mol. The zero-order chi connectivity index (χ0) is 29.6. The number of aromatic nitrogens is 5. The van der Waals surface area contributed by atoms with Crippen molar-refractivity contribution in [1.82, 2.24) is 24.9 Å². The molecule has 0 bridgehead atoms. The summed E-state index contributed by atoms with van der Waals surface area (Å²) in [6.45, 7) is 4.37. The van der Waals surface area contributed by atoms with Crippen molar-refractivity contribution in [2.45, 2.75) is 19.6 Å². The summed E-state index contributed by atoms with van der Waals surface area (Å²) < 4.78 is 27.9. The van der Waals surface area contributed by atoms with Gasteiger partial charge in [-0.25, -0.2) is 19.3 Å². The van der Waals surface area contributed by atoms with E-state index in [2.05, 4.69) is 35.2 Å². The highest BCUT2D eigenvalue weighted by Gasteiger charge is 2.41. The van der Waals surface area contributed by atoms with Gasteiger partial charge < -0.3 is 25.1 Å². The molecular weight excluding hydrogens is 553 g/mol. The Morgan fingerprint density at radius 1 is 1.14 bits per heavy atom. The predicted octanol–water partition coefficient (Wildman–Crippen LogP) is 3.69. The molecule has 43 heavy (non-hydrogen) atoms. The molecule has 2 aliphatic heterocycles. The number of rotatable bonds is 10. The lowest BCUT2D eigenvalue weighted by Gasteiger charge is -2.35. The Hall–Kier alpha value is -4.88. The van der Waals surface area contributed by atoms with Gasteiger partial charge in [0.25, 0.3) is 6.34 Å². The highest BCUT2D eigenvalue weighted by Crippen LogP contribution is 2.36. The minimum Gasteiger partial charge on any atom is -0.354 e. The molecule has 3 aromatic heterocycles. The van der Waals surface area contributed by atoms with Crippen LogP contribution in [0.4, 0.5) is 16.0 Å². The molecular formula is C30H31FN9O3+. The maximum absolute atomic E-state index is 13.8. The number of ether oxygens (including phenoxy) is 2. The number of carbonyl (C=O) groups is 1. The van der Waals surface area contributed by atoms with Crippen LogP contribution < -0.4 is 10.6 Å². The molecule has 1 fully saturated rings. The largest absolute Gasteiger partial charge is 0.354 e. The SMILES string of the molecule is CC1(C(=O)Nc2cccnc2)COC(c2nc(-c3ccc(F)cc3)c(-c3ccnc(NCCC[N+]4=CN=CC4)n3)[nH]2)OC1. The van der Waals surface area contributed by atoms with Gasteiger partial charge in [0.2, 0.25) is 18.1 Å². The molecule has 0 aliphatic carbocycles. The summed E-state index contributed by atoms with van der Waals surface area (Å²) in [7, 11) is 0. The Balaban J connectivity index is 1.19. The van der Waals surface area contributed by atoms with Crippen molar-refractivity contribution in [2.24, 2.45) is 10.4 Å². The number of imidazole rings is 1. The first kappa shape index (κ1) is 28.2. The second-order valence-corrected chi connectivity index (χ2v) is 10.6. The second-order valence-electron chi connectivity index (χ2n) is 10.6. The van der Waals surface area contributed by atoms with E-state index in [0.717, 1.165) is 19.5 Å². The smallest absolute Gasteiger partial charge is 0.281 e. The molecule has 4 aromatic rings. The van der Waals surface area contributed by atoms with Gasteiger partial charge in [-0.05, 0) is 49.4 Å². The Morgan fingerprint density at radius 2 is 1.98 bits per heavy atom. The van der Waals surface area contributed by atoms with Crippen molar-refractivity contribution in [2.75, 3.05) is 43.5 Å². The number of halogens is 1. The van der Waals surface area contributed by atoms with E-state index in [9.17, 15) is 9.18 Å². The molecule has 0 radical (unpaired) electrons. The fraction of sp³-hybridized carbons (Fsp3) is 0.300. The lowest BCUT2D eigenvalue weighted by molar-refractivity contribution is -0.504. The van der Waals surface area contributed by atoms with Gasteiger partial charge in [0.15, 0.2) is 12.0 Å². The fourth-order valence-corrected chi connectivity index (χ4v) is 4.68. The summed E-state index contributed by atoms with van der Waals surface area (Å²) in [5.74, 6) is 0.289. The first-order chi connectivity index (χ1) is 21.0. The number of pyridine rings is 1. The van der Waals surface area contributed by atoms with Crippen LogP contribution in [-0.2, 0) is 14.3 Å². The van der Waals surface area contributed by atoms with E-state index in [-0.39, 0.29) is 24.9 Å². The molecule has 1 saturated heterocycles. The lowest BCUT2D eigenvalue weighted by Crippen LogP contribution is -2.45. The van der Waals surface area contributed by atoms with E-state index in [4.69, 9.17) is 19.4 Å². The normalized spacial score (nSPS) is 19.7. The van der Waals surface area contributed by atoms with Crippen LogP contribution in [-0.4, -0.2) is 80.8 Å². The maximum atomic E-state index is 13.8. The number of aliphatic imine (C=N–C) groups is 1. The molecule has 0 spiro atoms. The van der Waals surface area contributed by atoms with Gasteiger partial charge in [-0.15, -0.1) is 0 Å². The molecule has 220 valence electrons. The topological polar surface area (TPSA) is 142 Å². The summed E-state index contributed by atoms with van der Waals surface area (Å²) >= 11 is 0.